The van der Waals surface area contributed by atoms with E-state index in [4.69, 9.17) is 4.74 Å². The molecule has 0 aliphatic rings. The third-order valence-corrected chi connectivity index (χ3v) is 4.84. The zero-order chi connectivity index (χ0) is 22.7. The zero-order valence-electron chi connectivity index (χ0n) is 16.5. The summed E-state index contributed by atoms with van der Waals surface area (Å²) in [6.07, 6.45) is 0.660. The number of hydrogen-bond donors (Lipinski definition) is 0. The van der Waals surface area contributed by atoms with E-state index in [1.54, 1.807) is 30.5 Å². The molecule has 0 aliphatic heterocycles. The molecule has 158 valence electrons. The second-order valence-corrected chi connectivity index (χ2v) is 6.87. The quantitative estimate of drug-likeness (QED) is 0.240. The van der Waals surface area contributed by atoms with Gasteiger partial charge in [0.15, 0.2) is 6.10 Å². The molecule has 0 saturated heterocycles. The second-order valence-electron chi connectivity index (χ2n) is 6.87. The Bertz CT molecular complexity index is 1300. The molecular weight excluding hydrogens is 414 g/mol. The minimum Gasteiger partial charge on any atom is -0.447 e. The summed E-state index contributed by atoms with van der Waals surface area (Å²) in [4.78, 5) is 38.2. The summed E-state index contributed by atoms with van der Waals surface area (Å²) in [5.41, 5.74) is -0.351. The summed E-state index contributed by atoms with van der Waals surface area (Å²) in [5.74, 6) is -0.944. The Balaban J connectivity index is 1.80. The maximum absolute atomic E-state index is 13.0. The van der Waals surface area contributed by atoms with Crippen LogP contribution in [0.15, 0.2) is 85.1 Å². The number of nitro benzene ring substituents is 2. The number of carbonyl (C=O) groups is 1. The summed E-state index contributed by atoms with van der Waals surface area (Å²) < 4.78 is 5.74. The van der Waals surface area contributed by atoms with Crippen LogP contribution in [-0.2, 0) is 4.74 Å². The number of nitro groups is 2. The molecule has 1 atom stereocenters. The zero-order valence-corrected chi connectivity index (χ0v) is 16.5. The molecule has 0 bridgehead atoms. The Morgan fingerprint density at radius 2 is 1.47 bits per heavy atom. The van der Waals surface area contributed by atoms with E-state index in [0.29, 0.717) is 11.3 Å². The smallest absolute Gasteiger partial charge is 0.339 e. The number of ether oxygens (including phenoxy) is 1. The molecule has 0 radical (unpaired) electrons. The third-order valence-electron chi connectivity index (χ3n) is 4.84. The van der Waals surface area contributed by atoms with Crippen molar-refractivity contribution in [2.24, 2.45) is 0 Å². The van der Waals surface area contributed by atoms with Crippen LogP contribution in [0.1, 0.15) is 27.7 Å². The van der Waals surface area contributed by atoms with Gasteiger partial charge in [-0.05, 0) is 17.0 Å². The van der Waals surface area contributed by atoms with E-state index in [2.05, 4.69) is 4.98 Å². The van der Waals surface area contributed by atoms with Crippen LogP contribution in [0.25, 0.3) is 10.8 Å². The molecular formula is C23H15N3O6. The van der Waals surface area contributed by atoms with E-state index in [-0.39, 0.29) is 5.56 Å². The van der Waals surface area contributed by atoms with E-state index < -0.39 is 33.3 Å². The summed E-state index contributed by atoms with van der Waals surface area (Å²) >= 11 is 0. The average Bonchev–Trinajstić information content (AvgIpc) is 2.82. The highest BCUT2D eigenvalue weighted by Gasteiger charge is 2.26. The van der Waals surface area contributed by atoms with Crippen LogP contribution >= 0.6 is 0 Å². The molecule has 4 rings (SSSR count). The molecule has 1 heterocycles. The lowest BCUT2D eigenvalue weighted by molar-refractivity contribution is -0.394. The van der Waals surface area contributed by atoms with Crippen molar-refractivity contribution in [1.29, 1.82) is 0 Å². The van der Waals surface area contributed by atoms with E-state index in [1.165, 1.54) is 0 Å². The number of nitrogens with zero attached hydrogens (tertiary/aromatic N) is 3. The van der Waals surface area contributed by atoms with Crippen LogP contribution in [0.5, 0.6) is 0 Å². The average molecular weight is 429 g/mol. The maximum Gasteiger partial charge on any atom is 0.339 e. The van der Waals surface area contributed by atoms with E-state index in [0.717, 1.165) is 29.0 Å². The van der Waals surface area contributed by atoms with Crippen LogP contribution in [0, 0.1) is 20.2 Å². The van der Waals surface area contributed by atoms with E-state index in [1.807, 2.05) is 36.4 Å². The van der Waals surface area contributed by atoms with Gasteiger partial charge in [0.1, 0.15) is 0 Å². The molecule has 0 fully saturated rings. The van der Waals surface area contributed by atoms with Crippen molar-refractivity contribution in [3.8, 4) is 0 Å². The van der Waals surface area contributed by atoms with Gasteiger partial charge in [0.25, 0.3) is 11.4 Å². The van der Waals surface area contributed by atoms with Crippen molar-refractivity contribution >= 4 is 28.1 Å². The van der Waals surface area contributed by atoms with Gasteiger partial charge in [-0.15, -0.1) is 0 Å². The van der Waals surface area contributed by atoms with Crippen LogP contribution in [0.3, 0.4) is 0 Å². The highest BCUT2D eigenvalue weighted by atomic mass is 16.6. The highest BCUT2D eigenvalue weighted by Crippen LogP contribution is 2.32. The molecule has 32 heavy (non-hydrogen) atoms. The Hall–Kier alpha value is -4.66. The van der Waals surface area contributed by atoms with Gasteiger partial charge in [0, 0.05) is 23.7 Å². The van der Waals surface area contributed by atoms with Crippen LogP contribution < -0.4 is 0 Å². The standard InChI is InChI=1S/C23H15N3O6/c27-23(17-12-18(25(28)29)14-19(13-17)26(30)31)32-22(16-7-2-1-3-8-16)21-20-9-5-4-6-15(20)10-11-24-21/h1-14,22H/t22-/m0/s1. The third kappa shape index (κ3) is 4.12. The number of benzene rings is 3. The van der Waals surface area contributed by atoms with Crippen molar-refractivity contribution in [2.75, 3.05) is 0 Å². The number of rotatable bonds is 6. The number of hydrogen-bond acceptors (Lipinski definition) is 7. The molecule has 0 saturated carbocycles. The molecule has 1 aromatic heterocycles. The summed E-state index contributed by atoms with van der Waals surface area (Å²) in [7, 11) is 0. The number of fused-ring (bicyclic) bond motifs is 1. The predicted molar refractivity (Wildman–Crippen MR) is 115 cm³/mol. The summed E-state index contributed by atoms with van der Waals surface area (Å²) in [5, 5.41) is 24.0. The first-order chi connectivity index (χ1) is 15.4. The lowest BCUT2D eigenvalue weighted by Crippen LogP contribution is -2.15. The fourth-order valence-corrected chi connectivity index (χ4v) is 3.36. The summed E-state index contributed by atoms with van der Waals surface area (Å²) in [6.45, 7) is 0. The van der Waals surface area contributed by atoms with Gasteiger partial charge < -0.3 is 4.74 Å². The normalized spacial score (nSPS) is 11.6. The largest absolute Gasteiger partial charge is 0.447 e. The first-order valence-electron chi connectivity index (χ1n) is 9.47. The molecule has 9 heteroatoms. The molecule has 0 N–H and O–H groups in total. The van der Waals surface area contributed by atoms with Crippen LogP contribution in [0.2, 0.25) is 0 Å². The van der Waals surface area contributed by atoms with Crippen molar-refractivity contribution in [3.63, 3.8) is 0 Å². The van der Waals surface area contributed by atoms with Gasteiger partial charge in [-0.25, -0.2) is 4.79 Å². The highest BCUT2D eigenvalue weighted by molar-refractivity contribution is 5.92. The van der Waals surface area contributed by atoms with E-state index >= 15 is 0 Å². The second kappa shape index (κ2) is 8.60. The number of aromatic nitrogens is 1. The Labute approximate surface area is 181 Å². The SMILES string of the molecule is O=C(O[C@@H](c1ccccc1)c1nccc2ccccc12)c1cc([N+](=O)[O-])cc([N+](=O)[O-])c1. The number of carbonyl (C=O) groups excluding carboxylic acids is 1. The molecule has 0 amide bonds. The minimum absolute atomic E-state index is 0.299. The van der Waals surface area contributed by atoms with Gasteiger partial charge >= 0.3 is 5.97 Å². The lowest BCUT2D eigenvalue weighted by atomic mass is 10.0. The van der Waals surface area contributed by atoms with Crippen molar-refractivity contribution in [2.45, 2.75) is 6.10 Å². The van der Waals surface area contributed by atoms with Crippen molar-refractivity contribution < 1.29 is 19.4 Å². The van der Waals surface area contributed by atoms with Crippen molar-refractivity contribution in [1.82, 2.24) is 4.98 Å². The number of esters is 1. The Kier molecular flexibility index (Phi) is 5.54. The van der Waals surface area contributed by atoms with Gasteiger partial charge in [0.05, 0.1) is 27.2 Å². The van der Waals surface area contributed by atoms with E-state index in [9.17, 15) is 25.0 Å². The molecule has 4 aromatic rings. The van der Waals surface area contributed by atoms with Gasteiger partial charge in [-0.2, -0.15) is 0 Å². The topological polar surface area (TPSA) is 125 Å². The van der Waals surface area contributed by atoms with Gasteiger partial charge in [-0.1, -0.05) is 54.6 Å². The van der Waals surface area contributed by atoms with Crippen LogP contribution in [0.4, 0.5) is 11.4 Å². The fourth-order valence-electron chi connectivity index (χ4n) is 3.36. The monoisotopic (exact) mass is 429 g/mol. The minimum atomic E-state index is -0.944. The first kappa shape index (κ1) is 20.6. The summed E-state index contributed by atoms with van der Waals surface area (Å²) in [6, 6.07) is 20.9. The molecule has 0 aliphatic carbocycles. The molecule has 0 spiro atoms. The maximum atomic E-state index is 13.0. The lowest BCUT2D eigenvalue weighted by Gasteiger charge is -2.19. The molecule has 3 aromatic carbocycles. The molecule has 9 nitrogen and oxygen atoms in total. The fraction of sp³-hybridized carbons (Fsp3) is 0.0435. The van der Waals surface area contributed by atoms with Crippen LogP contribution in [-0.4, -0.2) is 20.8 Å². The predicted octanol–water partition coefficient (Wildman–Crippen LogP) is 5.00. The first-order valence-corrected chi connectivity index (χ1v) is 9.47. The van der Waals surface area contributed by atoms with Gasteiger partial charge in [-0.3, -0.25) is 25.2 Å². The number of non-ortho nitro benzene ring substituents is 2. The van der Waals surface area contributed by atoms with Crippen molar-refractivity contribution in [3.05, 3.63) is 122 Å². The Morgan fingerprint density at radius 3 is 2.12 bits per heavy atom. The van der Waals surface area contributed by atoms with Gasteiger partial charge in [0.2, 0.25) is 0 Å². The Morgan fingerprint density at radius 1 is 0.844 bits per heavy atom. The molecule has 0 unspecified atom stereocenters. The number of pyridine rings is 1.